The molecule has 0 spiro atoms. The molecule has 1 atom stereocenters. The van der Waals surface area contributed by atoms with Gasteiger partial charge in [-0.1, -0.05) is 56.7 Å². The van der Waals surface area contributed by atoms with Crippen LogP contribution in [0.5, 0.6) is 0 Å². The third-order valence-electron chi connectivity index (χ3n) is 4.29. The zero-order valence-electron chi connectivity index (χ0n) is 15.9. The number of hydrogen-bond donors (Lipinski definition) is 1. The smallest absolute Gasteiger partial charge is 0.338 e. The third kappa shape index (κ3) is 7.09. The molecule has 2 aromatic rings. The number of carboxylic acid groups (broad SMARTS) is 1. The molecule has 0 heterocycles. The second-order valence-electron chi connectivity index (χ2n) is 6.72. The molecule has 1 unspecified atom stereocenters. The van der Waals surface area contributed by atoms with Crippen LogP contribution >= 0.6 is 0 Å². The van der Waals surface area contributed by atoms with Gasteiger partial charge in [-0.15, -0.1) is 0 Å². The van der Waals surface area contributed by atoms with Crippen LogP contribution in [0.1, 0.15) is 61.3 Å². The average molecular weight is 356 g/mol. The predicted molar refractivity (Wildman–Crippen MR) is 103 cm³/mol. The number of carbonyl (C=O) groups excluding carboxylic acids is 1. The van der Waals surface area contributed by atoms with Crippen LogP contribution in [0.25, 0.3) is 0 Å². The van der Waals surface area contributed by atoms with Crippen molar-refractivity contribution in [3.8, 4) is 0 Å². The van der Waals surface area contributed by atoms with Gasteiger partial charge in [-0.05, 0) is 50.5 Å². The Labute approximate surface area is 155 Å². The molecule has 4 heteroatoms. The fraction of sp³-hybridized carbons (Fsp3) is 0.364. The molecule has 140 valence electrons. The molecule has 0 radical (unpaired) electrons. The number of carboxylic acids is 1. The van der Waals surface area contributed by atoms with Crippen molar-refractivity contribution in [3.05, 3.63) is 71.8 Å². The van der Waals surface area contributed by atoms with Gasteiger partial charge in [-0.2, -0.15) is 0 Å². The first-order chi connectivity index (χ1) is 12.3. The van der Waals surface area contributed by atoms with E-state index in [0.29, 0.717) is 17.0 Å². The van der Waals surface area contributed by atoms with Crippen molar-refractivity contribution in [2.24, 2.45) is 5.92 Å². The second-order valence-corrected chi connectivity index (χ2v) is 6.72. The summed E-state index contributed by atoms with van der Waals surface area (Å²) in [5.41, 5.74) is 0.532. The first-order valence-electron chi connectivity index (χ1n) is 8.84. The van der Waals surface area contributed by atoms with E-state index in [0.717, 1.165) is 12.8 Å². The summed E-state index contributed by atoms with van der Waals surface area (Å²) < 4.78 is 5.60. The Morgan fingerprint density at radius 2 is 1.42 bits per heavy atom. The van der Waals surface area contributed by atoms with Crippen molar-refractivity contribution in [1.82, 2.24) is 0 Å². The van der Waals surface area contributed by atoms with Crippen molar-refractivity contribution < 1.29 is 19.4 Å². The first-order valence-corrected chi connectivity index (χ1v) is 8.84. The van der Waals surface area contributed by atoms with Gasteiger partial charge < -0.3 is 9.84 Å². The van der Waals surface area contributed by atoms with E-state index in [9.17, 15) is 9.59 Å². The molecule has 0 bridgehead atoms. The highest BCUT2D eigenvalue weighted by atomic mass is 16.6. The van der Waals surface area contributed by atoms with E-state index >= 15 is 0 Å². The van der Waals surface area contributed by atoms with E-state index in [4.69, 9.17) is 9.84 Å². The lowest BCUT2D eigenvalue weighted by atomic mass is 9.89. The van der Waals surface area contributed by atoms with Gasteiger partial charge in [-0.25, -0.2) is 9.59 Å². The quantitative estimate of drug-likeness (QED) is 0.700. The Hall–Kier alpha value is -2.62. The van der Waals surface area contributed by atoms with Gasteiger partial charge in [0.1, 0.15) is 5.60 Å². The molecule has 2 rings (SSSR count). The lowest BCUT2D eigenvalue weighted by Gasteiger charge is -2.31. The minimum atomic E-state index is -0.879. The summed E-state index contributed by atoms with van der Waals surface area (Å²) in [5.74, 6) is -0.755. The summed E-state index contributed by atoms with van der Waals surface area (Å²) in [6.07, 6.45) is 2.17. The summed E-state index contributed by atoms with van der Waals surface area (Å²) in [4.78, 5) is 22.1. The molecule has 2 aromatic carbocycles. The highest BCUT2D eigenvalue weighted by Gasteiger charge is 2.29. The minimum absolute atomic E-state index is 0.237. The summed E-state index contributed by atoms with van der Waals surface area (Å²) in [6.45, 7) is 8.23. The van der Waals surface area contributed by atoms with Gasteiger partial charge in [0.15, 0.2) is 0 Å². The van der Waals surface area contributed by atoms with Crippen LogP contribution in [0, 0.1) is 5.92 Å². The van der Waals surface area contributed by atoms with Gasteiger partial charge in [0.2, 0.25) is 0 Å². The van der Waals surface area contributed by atoms with Crippen LogP contribution < -0.4 is 0 Å². The van der Waals surface area contributed by atoms with Crippen molar-refractivity contribution in [2.45, 2.75) is 46.1 Å². The number of ether oxygens (including phenoxy) is 1. The molecule has 0 aromatic heterocycles. The Morgan fingerprint density at radius 3 is 1.81 bits per heavy atom. The molecule has 0 aliphatic rings. The van der Waals surface area contributed by atoms with Gasteiger partial charge in [-0.3, -0.25) is 0 Å². The zero-order chi connectivity index (χ0) is 19.6. The van der Waals surface area contributed by atoms with E-state index in [2.05, 4.69) is 13.8 Å². The standard InChI is InChI=1S/C15H22O2.C7H6O2/c1-5-9-12(2)15(3,4)17-14(16)13-10-7-6-8-11-13;8-7(9)6-4-2-1-3-5-6/h6-8,10-12H,5,9H2,1-4H3;1-5H,(H,8,9). The van der Waals surface area contributed by atoms with E-state index in [1.807, 2.05) is 32.0 Å². The number of aromatic carboxylic acids is 1. The van der Waals surface area contributed by atoms with Gasteiger partial charge in [0.05, 0.1) is 11.1 Å². The van der Waals surface area contributed by atoms with Crippen LogP contribution in [-0.2, 0) is 4.74 Å². The molecule has 26 heavy (non-hydrogen) atoms. The fourth-order valence-corrected chi connectivity index (χ4v) is 2.33. The summed E-state index contributed by atoms with van der Waals surface area (Å²) in [7, 11) is 0. The maximum Gasteiger partial charge on any atom is 0.338 e. The summed E-state index contributed by atoms with van der Waals surface area (Å²) in [6, 6.07) is 17.4. The number of carbonyl (C=O) groups is 2. The number of esters is 1. The molecule has 0 aliphatic carbocycles. The Balaban J connectivity index is 0.000000314. The maximum atomic E-state index is 11.9. The van der Waals surface area contributed by atoms with Crippen LogP contribution in [0.4, 0.5) is 0 Å². The normalized spacial score (nSPS) is 11.7. The molecule has 0 fully saturated rings. The van der Waals surface area contributed by atoms with Crippen LogP contribution in [0.2, 0.25) is 0 Å². The molecular weight excluding hydrogens is 328 g/mol. The SMILES string of the molecule is CCCC(C)C(C)(C)OC(=O)c1ccccc1.O=C(O)c1ccccc1. The van der Waals surface area contributed by atoms with Crippen molar-refractivity contribution in [2.75, 3.05) is 0 Å². The number of rotatable bonds is 6. The third-order valence-corrected chi connectivity index (χ3v) is 4.29. The molecule has 1 N–H and O–H groups in total. The van der Waals surface area contributed by atoms with Gasteiger partial charge in [0.25, 0.3) is 0 Å². The number of benzene rings is 2. The van der Waals surface area contributed by atoms with Crippen LogP contribution in [-0.4, -0.2) is 22.6 Å². The largest absolute Gasteiger partial charge is 0.478 e. The van der Waals surface area contributed by atoms with E-state index in [1.165, 1.54) is 0 Å². The molecule has 0 saturated heterocycles. The highest BCUT2D eigenvalue weighted by Crippen LogP contribution is 2.26. The average Bonchev–Trinajstić information content (AvgIpc) is 2.63. The first kappa shape index (κ1) is 21.4. The molecule has 0 amide bonds. The van der Waals surface area contributed by atoms with Crippen molar-refractivity contribution >= 4 is 11.9 Å². The Kier molecular flexibility index (Phi) is 8.56. The van der Waals surface area contributed by atoms with Gasteiger partial charge in [0, 0.05) is 0 Å². The Bertz CT molecular complexity index is 678. The minimum Gasteiger partial charge on any atom is -0.478 e. The predicted octanol–water partition coefficient (Wildman–Crippen LogP) is 5.44. The molecule has 0 aliphatic heterocycles. The van der Waals surface area contributed by atoms with E-state index < -0.39 is 11.6 Å². The molecule has 0 saturated carbocycles. The maximum absolute atomic E-state index is 11.9. The Morgan fingerprint density at radius 1 is 0.962 bits per heavy atom. The van der Waals surface area contributed by atoms with Crippen molar-refractivity contribution in [1.29, 1.82) is 0 Å². The molecular formula is C22H28O4. The lowest BCUT2D eigenvalue weighted by molar-refractivity contribution is -0.0279. The lowest BCUT2D eigenvalue weighted by Crippen LogP contribution is -2.35. The highest BCUT2D eigenvalue weighted by molar-refractivity contribution is 5.89. The zero-order valence-corrected chi connectivity index (χ0v) is 15.9. The monoisotopic (exact) mass is 356 g/mol. The number of hydrogen-bond acceptors (Lipinski definition) is 3. The van der Waals surface area contributed by atoms with Crippen molar-refractivity contribution in [3.63, 3.8) is 0 Å². The summed E-state index contributed by atoms with van der Waals surface area (Å²) in [5, 5.41) is 8.38. The topological polar surface area (TPSA) is 63.6 Å². The summed E-state index contributed by atoms with van der Waals surface area (Å²) >= 11 is 0. The van der Waals surface area contributed by atoms with E-state index in [-0.39, 0.29) is 5.97 Å². The second kappa shape index (κ2) is 10.4. The van der Waals surface area contributed by atoms with Crippen LogP contribution in [0.15, 0.2) is 60.7 Å². The van der Waals surface area contributed by atoms with Gasteiger partial charge >= 0.3 is 11.9 Å². The molecule has 4 nitrogen and oxygen atoms in total. The van der Waals surface area contributed by atoms with Crippen LogP contribution in [0.3, 0.4) is 0 Å². The fourth-order valence-electron chi connectivity index (χ4n) is 2.33. The van der Waals surface area contributed by atoms with E-state index in [1.54, 1.807) is 42.5 Å².